The molecular formula is C26H39O6S4. The number of Topliss-reactive ketones (excluding diaryl/α,β-unsaturated/α-hetero) is 4. The molecule has 1 aliphatic rings. The van der Waals surface area contributed by atoms with Crippen molar-refractivity contribution in [1.29, 1.82) is 0 Å². The maximum absolute atomic E-state index is 12.3. The van der Waals surface area contributed by atoms with E-state index in [0.29, 0.717) is 51.4 Å². The van der Waals surface area contributed by atoms with Crippen molar-refractivity contribution >= 4 is 73.6 Å². The predicted octanol–water partition coefficient (Wildman–Crippen LogP) is 5.37. The molecule has 203 valence electrons. The minimum Gasteiger partial charge on any atom is -0.332 e. The second kappa shape index (κ2) is 17.9. The second-order valence-corrected chi connectivity index (χ2v) is 11.7. The van der Waals surface area contributed by atoms with Gasteiger partial charge in [0.25, 0.3) is 0 Å². The number of hydrogen-bond acceptors (Lipinski definition) is 10. The van der Waals surface area contributed by atoms with Crippen molar-refractivity contribution in [3.63, 3.8) is 0 Å². The third-order valence-corrected chi connectivity index (χ3v) is 7.05. The molecule has 4 atom stereocenters. The van der Waals surface area contributed by atoms with Crippen molar-refractivity contribution in [1.82, 2.24) is 0 Å². The third kappa shape index (κ3) is 15.7. The Kier molecular flexibility index (Phi) is 16.7. The van der Waals surface area contributed by atoms with E-state index in [9.17, 15) is 19.2 Å². The molecule has 0 heterocycles. The van der Waals surface area contributed by atoms with Gasteiger partial charge in [-0.05, 0) is 45.6 Å². The van der Waals surface area contributed by atoms with Gasteiger partial charge in [0.15, 0.2) is 5.79 Å². The first-order valence-electron chi connectivity index (χ1n) is 12.2. The lowest BCUT2D eigenvalue weighted by atomic mass is 10.1. The number of allylic oxidation sites excluding steroid dienone is 2. The lowest BCUT2D eigenvalue weighted by molar-refractivity contribution is -0.197. The molecule has 6 nitrogen and oxygen atoms in total. The molecule has 0 bridgehead atoms. The molecule has 4 unspecified atom stereocenters. The Labute approximate surface area is 237 Å². The van der Waals surface area contributed by atoms with E-state index >= 15 is 0 Å². The molecule has 0 fully saturated rings. The summed E-state index contributed by atoms with van der Waals surface area (Å²) >= 11 is 17.8. The van der Waals surface area contributed by atoms with E-state index in [-0.39, 0.29) is 46.5 Å². The molecule has 0 aliphatic heterocycles. The monoisotopic (exact) mass is 575 g/mol. The van der Waals surface area contributed by atoms with Gasteiger partial charge in [0, 0.05) is 55.4 Å². The van der Waals surface area contributed by atoms with Gasteiger partial charge in [0.2, 0.25) is 0 Å². The van der Waals surface area contributed by atoms with Crippen LogP contribution in [0, 0.1) is 6.42 Å². The standard InChI is InChI=1S/C26H39O6S4/c1-18(27)6-10-22(33)16-20(29)8-12-24(35)31-26(14-4-3-5-15-26)32-25(36)13-9-21(30)17-23(34)11-7-19(2)28/h3-5,14-15,22-25,33-36H,6-13,16-17H2,1-2H3. The van der Waals surface area contributed by atoms with Gasteiger partial charge in [-0.15, -0.1) is 25.3 Å². The summed E-state index contributed by atoms with van der Waals surface area (Å²) in [5, 5.41) is -0.288. The largest absolute Gasteiger partial charge is 0.332 e. The maximum atomic E-state index is 12.3. The molecule has 0 aromatic heterocycles. The predicted molar refractivity (Wildman–Crippen MR) is 156 cm³/mol. The van der Waals surface area contributed by atoms with Gasteiger partial charge in [0.1, 0.15) is 34.0 Å². The Morgan fingerprint density at radius 2 is 1.11 bits per heavy atom. The molecule has 1 aliphatic carbocycles. The van der Waals surface area contributed by atoms with Crippen LogP contribution in [0.3, 0.4) is 0 Å². The molecule has 1 radical (unpaired) electrons. The molecule has 10 heteroatoms. The summed E-state index contributed by atoms with van der Waals surface area (Å²) in [6.07, 6.45) is 12.8. The van der Waals surface area contributed by atoms with Gasteiger partial charge in [-0.1, -0.05) is 18.2 Å². The van der Waals surface area contributed by atoms with Gasteiger partial charge in [0.05, 0.1) is 0 Å². The van der Waals surface area contributed by atoms with Gasteiger partial charge in [-0.2, -0.15) is 25.3 Å². The highest BCUT2D eigenvalue weighted by atomic mass is 32.1. The normalized spacial score (nSPS) is 20.5. The first-order valence-corrected chi connectivity index (χ1v) is 14.3. The maximum Gasteiger partial charge on any atom is 0.197 e. The van der Waals surface area contributed by atoms with E-state index in [1.807, 2.05) is 6.08 Å². The van der Waals surface area contributed by atoms with E-state index in [4.69, 9.17) is 9.47 Å². The minimum absolute atomic E-state index is 0.0376. The number of rotatable bonds is 20. The molecule has 0 N–H and O–H groups in total. The fourth-order valence-corrected chi connectivity index (χ4v) is 4.72. The average molecular weight is 576 g/mol. The van der Waals surface area contributed by atoms with Crippen molar-refractivity contribution in [3.8, 4) is 0 Å². The van der Waals surface area contributed by atoms with Gasteiger partial charge < -0.3 is 19.1 Å². The van der Waals surface area contributed by atoms with Crippen LogP contribution < -0.4 is 0 Å². The molecule has 0 saturated heterocycles. The van der Waals surface area contributed by atoms with E-state index in [0.717, 1.165) is 0 Å². The van der Waals surface area contributed by atoms with Crippen LogP contribution in [0.25, 0.3) is 0 Å². The molecular weight excluding hydrogens is 537 g/mol. The third-order valence-electron chi connectivity index (χ3n) is 5.45. The first-order chi connectivity index (χ1) is 16.9. The van der Waals surface area contributed by atoms with Crippen molar-refractivity contribution in [2.24, 2.45) is 0 Å². The molecule has 0 aromatic rings. The zero-order chi connectivity index (χ0) is 27.1. The molecule has 0 aromatic carbocycles. The Bertz CT molecular complexity index is 747. The smallest absolute Gasteiger partial charge is 0.197 e. The highest BCUT2D eigenvalue weighted by Gasteiger charge is 2.34. The summed E-state index contributed by atoms with van der Waals surface area (Å²) in [5.41, 5.74) is -1.16. The summed E-state index contributed by atoms with van der Waals surface area (Å²) < 4.78 is 12.1. The van der Waals surface area contributed by atoms with Crippen LogP contribution in [-0.2, 0) is 28.7 Å². The van der Waals surface area contributed by atoms with Gasteiger partial charge in [-0.25, -0.2) is 0 Å². The number of carbonyl (C=O) groups excluding carboxylic acids is 4. The van der Waals surface area contributed by atoms with Crippen LogP contribution >= 0.6 is 50.5 Å². The number of carbonyl (C=O) groups is 4. The minimum atomic E-state index is -1.21. The number of ketones is 4. The van der Waals surface area contributed by atoms with E-state index < -0.39 is 16.7 Å². The highest BCUT2D eigenvalue weighted by molar-refractivity contribution is 7.81. The van der Waals surface area contributed by atoms with Crippen LogP contribution in [0.2, 0.25) is 0 Å². The van der Waals surface area contributed by atoms with E-state index in [1.165, 1.54) is 13.8 Å². The molecule has 0 saturated carbocycles. The van der Waals surface area contributed by atoms with Crippen LogP contribution in [-0.4, -0.2) is 50.3 Å². The van der Waals surface area contributed by atoms with Gasteiger partial charge >= 0.3 is 0 Å². The average Bonchev–Trinajstić information content (AvgIpc) is 2.79. The van der Waals surface area contributed by atoms with E-state index in [1.54, 1.807) is 24.6 Å². The fraction of sp³-hybridized carbons (Fsp3) is 0.654. The van der Waals surface area contributed by atoms with Crippen LogP contribution in [0.4, 0.5) is 0 Å². The molecule has 0 spiro atoms. The molecule has 0 amide bonds. The Morgan fingerprint density at radius 3 is 1.47 bits per heavy atom. The number of thiol groups is 4. The van der Waals surface area contributed by atoms with Crippen molar-refractivity contribution in [3.05, 3.63) is 30.7 Å². The van der Waals surface area contributed by atoms with Crippen LogP contribution in [0.15, 0.2) is 24.3 Å². The Balaban J connectivity index is 2.50. The number of hydrogen-bond donors (Lipinski definition) is 4. The quantitative estimate of drug-likeness (QED) is 0.115. The molecule has 36 heavy (non-hydrogen) atoms. The lowest BCUT2D eigenvalue weighted by Gasteiger charge is -2.35. The van der Waals surface area contributed by atoms with Crippen LogP contribution in [0.1, 0.15) is 78.1 Å². The summed E-state index contributed by atoms with van der Waals surface area (Å²) in [6.45, 7) is 3.05. The summed E-state index contributed by atoms with van der Waals surface area (Å²) in [7, 11) is 0. The van der Waals surface area contributed by atoms with Crippen LogP contribution in [0.5, 0.6) is 0 Å². The zero-order valence-corrected chi connectivity index (χ0v) is 24.6. The van der Waals surface area contributed by atoms with Crippen molar-refractivity contribution < 1.29 is 28.7 Å². The molecule has 1 rings (SSSR count). The van der Waals surface area contributed by atoms with Crippen molar-refractivity contribution in [2.75, 3.05) is 0 Å². The van der Waals surface area contributed by atoms with Crippen molar-refractivity contribution in [2.45, 2.75) is 105 Å². The first kappa shape index (κ1) is 33.5. The summed E-state index contributed by atoms with van der Waals surface area (Å²) in [4.78, 5) is 46.8. The second-order valence-electron chi connectivity index (χ2n) is 9.13. The topological polar surface area (TPSA) is 86.7 Å². The summed E-state index contributed by atoms with van der Waals surface area (Å²) in [5.74, 6) is -0.958. The zero-order valence-electron chi connectivity index (χ0n) is 21.0. The van der Waals surface area contributed by atoms with E-state index in [2.05, 4.69) is 50.5 Å². The number of ether oxygens (including phenoxy) is 2. The lowest BCUT2D eigenvalue weighted by Crippen LogP contribution is -2.40. The SMILES string of the molecule is CC(=O)CCC(S)CC(=O)CCC(S)OC1(OC(S)CCC(=O)CC(S)CCC(C)=O)[CH]C=CC=C1. The Morgan fingerprint density at radius 1 is 0.667 bits per heavy atom. The fourth-order valence-electron chi connectivity index (χ4n) is 3.47. The Hall–Kier alpha value is -0.520. The summed E-state index contributed by atoms with van der Waals surface area (Å²) in [6, 6.07) is 0. The van der Waals surface area contributed by atoms with Gasteiger partial charge in [-0.3, -0.25) is 9.59 Å². The highest BCUT2D eigenvalue weighted by Crippen LogP contribution is 2.31.